The van der Waals surface area contributed by atoms with E-state index in [1.54, 1.807) is 7.11 Å². The Morgan fingerprint density at radius 3 is 2.00 bits per heavy atom. The summed E-state index contributed by atoms with van der Waals surface area (Å²) >= 11 is 0. The van der Waals surface area contributed by atoms with Gasteiger partial charge in [0, 0.05) is 18.9 Å². The lowest BCUT2D eigenvalue weighted by molar-refractivity contribution is -0.105. The molecule has 0 aromatic rings. The number of carbonyl (C=O) groups excluding carboxylic acids is 1. The zero-order valence-electron chi connectivity index (χ0n) is 23.4. The first-order chi connectivity index (χ1) is 15.4. The molecule has 0 aliphatic rings. The van der Waals surface area contributed by atoms with Crippen LogP contribution in [0.2, 0.25) is 18.1 Å². The summed E-state index contributed by atoms with van der Waals surface area (Å²) in [4.78, 5) is 11.4. The molecular formula is C28H52O4Si. The average molecular weight is 481 g/mol. The van der Waals surface area contributed by atoms with Crippen molar-refractivity contribution in [3.05, 3.63) is 34.9 Å². The number of carbonyl (C=O) groups is 1. The molecule has 0 radical (unpaired) electrons. The first-order valence-electron chi connectivity index (χ1n) is 12.7. The van der Waals surface area contributed by atoms with Crippen LogP contribution in [0.25, 0.3) is 0 Å². The van der Waals surface area contributed by atoms with Crippen molar-refractivity contribution in [2.45, 2.75) is 105 Å². The van der Waals surface area contributed by atoms with Gasteiger partial charge in [-0.3, -0.25) is 4.79 Å². The Hall–Kier alpha value is -1.01. The van der Waals surface area contributed by atoms with Crippen molar-refractivity contribution < 1.29 is 18.7 Å². The van der Waals surface area contributed by atoms with Crippen LogP contribution in [0.5, 0.6) is 0 Å². The first-order valence-corrected chi connectivity index (χ1v) is 15.6. The zero-order chi connectivity index (χ0) is 25.7. The van der Waals surface area contributed by atoms with Crippen LogP contribution in [0.15, 0.2) is 34.9 Å². The molecule has 0 bridgehead atoms. The van der Waals surface area contributed by atoms with E-state index in [9.17, 15) is 4.79 Å². The van der Waals surface area contributed by atoms with Crippen molar-refractivity contribution >= 4 is 14.6 Å². The van der Waals surface area contributed by atoms with Crippen molar-refractivity contribution in [3.63, 3.8) is 0 Å². The number of hydrogen-bond donors (Lipinski definition) is 0. The fourth-order valence-corrected chi connectivity index (χ4v) is 4.45. The number of rotatable bonds is 16. The van der Waals surface area contributed by atoms with Crippen molar-refractivity contribution in [1.29, 1.82) is 0 Å². The summed E-state index contributed by atoms with van der Waals surface area (Å²) in [6.45, 7) is 23.1. The maximum Gasteiger partial charge on any atom is 0.192 e. The third kappa shape index (κ3) is 11.3. The van der Waals surface area contributed by atoms with Gasteiger partial charge >= 0.3 is 0 Å². The van der Waals surface area contributed by atoms with Gasteiger partial charge in [0.2, 0.25) is 0 Å². The minimum absolute atomic E-state index is 0.0556. The molecule has 0 amide bonds. The topological polar surface area (TPSA) is 44.8 Å². The molecule has 4 nitrogen and oxygen atoms in total. The van der Waals surface area contributed by atoms with Crippen LogP contribution in [0.4, 0.5) is 0 Å². The molecule has 3 atom stereocenters. The number of allylic oxidation sites excluding steroid dienone is 3. The molecule has 0 aromatic heterocycles. The van der Waals surface area contributed by atoms with E-state index >= 15 is 0 Å². The van der Waals surface area contributed by atoms with Crippen LogP contribution in [0.3, 0.4) is 0 Å². The van der Waals surface area contributed by atoms with E-state index in [0.717, 1.165) is 37.5 Å². The number of methoxy groups -OCH3 is 1. The second-order valence-corrected chi connectivity index (χ2v) is 15.3. The van der Waals surface area contributed by atoms with E-state index in [0.29, 0.717) is 6.61 Å². The molecule has 0 aliphatic heterocycles. The van der Waals surface area contributed by atoms with Gasteiger partial charge < -0.3 is 13.9 Å². The fraction of sp³-hybridized carbons (Fsp3) is 0.750. The van der Waals surface area contributed by atoms with Gasteiger partial charge in [-0.15, -0.1) is 0 Å². The van der Waals surface area contributed by atoms with Gasteiger partial charge in [0.25, 0.3) is 0 Å². The highest BCUT2D eigenvalue weighted by atomic mass is 28.4. The molecule has 192 valence electrons. The van der Waals surface area contributed by atoms with Crippen LogP contribution in [-0.2, 0) is 18.7 Å². The predicted octanol–water partition coefficient (Wildman–Crippen LogP) is 7.87. The summed E-state index contributed by atoms with van der Waals surface area (Å²) in [5.41, 5.74) is 3.46. The third-order valence-electron chi connectivity index (χ3n) is 6.93. The lowest BCUT2D eigenvalue weighted by atomic mass is 9.86. The highest BCUT2D eigenvalue weighted by molar-refractivity contribution is 6.74. The molecule has 0 aliphatic carbocycles. The Bertz CT molecular complexity index is 655. The monoisotopic (exact) mass is 480 g/mol. The Morgan fingerprint density at radius 1 is 0.970 bits per heavy atom. The molecule has 0 unspecified atom stereocenters. The van der Waals surface area contributed by atoms with Gasteiger partial charge in [-0.05, 0) is 55.0 Å². The second kappa shape index (κ2) is 15.8. The molecule has 0 rings (SSSR count). The third-order valence-corrected chi connectivity index (χ3v) is 11.4. The molecule has 0 saturated carbocycles. The molecule has 0 fully saturated rings. The molecule has 0 aromatic carbocycles. The maximum atomic E-state index is 11.4. The van der Waals surface area contributed by atoms with E-state index < -0.39 is 8.32 Å². The summed E-state index contributed by atoms with van der Waals surface area (Å²) < 4.78 is 17.8. The van der Waals surface area contributed by atoms with E-state index in [2.05, 4.69) is 79.8 Å². The van der Waals surface area contributed by atoms with Crippen LogP contribution < -0.4 is 0 Å². The summed E-state index contributed by atoms with van der Waals surface area (Å²) in [7, 11) is -0.136. The summed E-state index contributed by atoms with van der Waals surface area (Å²) in [6, 6.07) is 0. The summed E-state index contributed by atoms with van der Waals surface area (Å²) in [5.74, 6) is 0.331. The number of ether oxygens (including phenoxy) is 2. The summed E-state index contributed by atoms with van der Waals surface area (Å²) in [5, 5.41) is 0.206. The van der Waals surface area contributed by atoms with Crippen molar-refractivity contribution in [2.24, 2.45) is 11.8 Å². The predicted molar refractivity (Wildman–Crippen MR) is 144 cm³/mol. The van der Waals surface area contributed by atoms with Gasteiger partial charge in [-0.2, -0.15) is 0 Å². The van der Waals surface area contributed by atoms with Gasteiger partial charge in [-0.25, -0.2) is 0 Å². The van der Waals surface area contributed by atoms with E-state index in [-0.39, 0.29) is 29.8 Å². The Balaban J connectivity index is 5.82. The fourth-order valence-electron chi connectivity index (χ4n) is 3.47. The van der Waals surface area contributed by atoms with Gasteiger partial charge in [0.15, 0.2) is 8.32 Å². The van der Waals surface area contributed by atoms with Crippen LogP contribution in [0, 0.1) is 11.8 Å². The van der Waals surface area contributed by atoms with Crippen LogP contribution in [-0.4, -0.2) is 41.2 Å². The molecule has 33 heavy (non-hydrogen) atoms. The van der Waals surface area contributed by atoms with E-state index in [1.165, 1.54) is 11.1 Å². The quantitative estimate of drug-likeness (QED) is 0.0741. The molecular weight excluding hydrogens is 428 g/mol. The molecule has 0 heterocycles. The summed E-state index contributed by atoms with van der Waals surface area (Å²) in [6.07, 6.45) is 11.2. The Morgan fingerprint density at radius 2 is 1.58 bits per heavy atom. The lowest BCUT2D eigenvalue weighted by Gasteiger charge is -2.36. The molecule has 0 spiro atoms. The zero-order valence-corrected chi connectivity index (χ0v) is 24.4. The van der Waals surface area contributed by atoms with Crippen LogP contribution >= 0.6 is 0 Å². The normalized spacial score (nSPS) is 17.1. The highest BCUT2D eigenvalue weighted by Gasteiger charge is 2.37. The van der Waals surface area contributed by atoms with Gasteiger partial charge in [0.05, 0.1) is 12.7 Å². The van der Waals surface area contributed by atoms with Crippen LogP contribution in [0.1, 0.15) is 81.1 Å². The van der Waals surface area contributed by atoms with Gasteiger partial charge in [0.1, 0.15) is 13.1 Å². The number of aldehydes is 1. The Kier molecular flexibility index (Phi) is 15.3. The molecule has 0 N–H and O–H groups in total. The molecule has 0 saturated heterocycles. The average Bonchev–Trinajstić information content (AvgIpc) is 2.77. The Labute approximate surface area is 206 Å². The first kappa shape index (κ1) is 32.0. The number of hydrogen-bond acceptors (Lipinski definition) is 4. The van der Waals surface area contributed by atoms with Crippen molar-refractivity contribution in [1.82, 2.24) is 0 Å². The maximum absolute atomic E-state index is 11.4. The van der Waals surface area contributed by atoms with E-state index in [4.69, 9.17) is 13.9 Å². The standard InChI is InChI=1S/C28H52O4Si/c1-12-23(17-25(14-3)20-32-33(10,11)28(6,7)8)16-22(5)27(31-21-30-9)26(15-4)18-24(13-2)19-29/h16-19,22,26-27H,12-15,20-21H2,1-11H3/b23-16+,24-18+,25-17+/t22-,26-,27-/m0/s1. The smallest absolute Gasteiger partial charge is 0.192 e. The second-order valence-electron chi connectivity index (χ2n) is 10.5. The van der Waals surface area contributed by atoms with Gasteiger partial charge in [-0.1, -0.05) is 79.2 Å². The van der Waals surface area contributed by atoms with Crippen molar-refractivity contribution in [3.8, 4) is 0 Å². The lowest BCUT2D eigenvalue weighted by Crippen LogP contribution is -2.41. The SMILES string of the molecule is CC/C(C=O)=C\[C@H](CC)[C@@H](OCOC)[C@@H](C)/C=C(/C=C(\CC)CO[Si](C)(C)C(C)(C)C)CC. The van der Waals surface area contributed by atoms with E-state index in [1.807, 2.05) is 6.92 Å². The van der Waals surface area contributed by atoms with Crippen molar-refractivity contribution in [2.75, 3.05) is 20.5 Å². The minimum Gasteiger partial charge on any atom is -0.413 e. The molecule has 5 heteroatoms. The largest absolute Gasteiger partial charge is 0.413 e. The minimum atomic E-state index is -1.78. The highest BCUT2D eigenvalue weighted by Crippen LogP contribution is 2.37.